The Hall–Kier alpha value is -2.53. The smallest absolute Gasteiger partial charge is 0.103 e. The zero-order valence-electron chi connectivity index (χ0n) is 17.4. The molecule has 2 heteroatoms. The Morgan fingerprint density at radius 2 is 1.24 bits per heavy atom. The lowest BCUT2D eigenvalue weighted by atomic mass is 9.72. The van der Waals surface area contributed by atoms with Crippen LogP contribution in [0.5, 0.6) is 0 Å². The van der Waals surface area contributed by atoms with Crippen molar-refractivity contribution in [1.29, 1.82) is 0 Å². The van der Waals surface area contributed by atoms with Crippen LogP contribution in [0.2, 0.25) is 0 Å². The molecule has 0 heterocycles. The topological polar surface area (TPSA) is 4.44 Å². The van der Waals surface area contributed by atoms with E-state index >= 15 is 0 Å². The molecule has 3 aromatic carbocycles. The summed E-state index contributed by atoms with van der Waals surface area (Å²) in [5, 5.41) is 0. The van der Waals surface area contributed by atoms with Crippen LogP contribution in [0.15, 0.2) is 91.0 Å². The highest BCUT2D eigenvalue weighted by Crippen LogP contribution is 2.36. The lowest BCUT2D eigenvalue weighted by Gasteiger charge is -2.30. The van der Waals surface area contributed by atoms with Crippen molar-refractivity contribution in [3.63, 3.8) is 0 Å². The van der Waals surface area contributed by atoms with E-state index in [1.165, 1.54) is 21.6 Å². The fourth-order valence-corrected chi connectivity index (χ4v) is 4.01. The predicted octanol–water partition coefficient (Wildman–Crippen LogP) is 1.50. The molecule has 0 radical (unpaired) electrons. The van der Waals surface area contributed by atoms with Crippen LogP contribution in [-0.4, -0.2) is 13.6 Å². The summed E-state index contributed by atoms with van der Waals surface area (Å²) in [5.41, 5.74) is 3.72. The van der Waals surface area contributed by atoms with Crippen molar-refractivity contribution < 1.29 is 17.3 Å². The summed E-state index contributed by atoms with van der Waals surface area (Å²) in [4.78, 5) is 1.53. The third-order valence-corrected chi connectivity index (χ3v) is 5.38. The van der Waals surface area contributed by atoms with Gasteiger partial charge in [-0.05, 0) is 30.9 Å². The Balaban J connectivity index is 0.00000300. The van der Waals surface area contributed by atoms with Crippen molar-refractivity contribution in [2.24, 2.45) is 0 Å². The summed E-state index contributed by atoms with van der Waals surface area (Å²) in [5.74, 6) is 6.82. The van der Waals surface area contributed by atoms with E-state index in [4.69, 9.17) is 0 Å². The van der Waals surface area contributed by atoms with Gasteiger partial charge < -0.3 is 17.3 Å². The molecule has 3 aromatic rings. The largest absolute Gasteiger partial charge is 1.00 e. The Labute approximate surface area is 182 Å². The third kappa shape index (κ3) is 5.97. The van der Waals surface area contributed by atoms with E-state index in [1.807, 2.05) is 6.92 Å². The zero-order valence-corrected chi connectivity index (χ0v) is 18.1. The highest BCUT2D eigenvalue weighted by molar-refractivity contribution is 5.47. The second-order valence-electron chi connectivity index (χ2n) is 7.49. The van der Waals surface area contributed by atoms with Gasteiger partial charge in [0, 0.05) is 5.56 Å². The molecular weight excluding hydrogens is 374 g/mol. The molecule has 0 fully saturated rings. The molecule has 29 heavy (non-hydrogen) atoms. The van der Waals surface area contributed by atoms with E-state index in [1.54, 1.807) is 0 Å². The second kappa shape index (κ2) is 11.5. The number of hydrogen-bond acceptors (Lipinski definition) is 0. The van der Waals surface area contributed by atoms with E-state index in [2.05, 4.69) is 110 Å². The molecule has 150 valence electrons. The zero-order chi connectivity index (χ0) is 19.7. The molecule has 0 spiro atoms. The second-order valence-corrected chi connectivity index (χ2v) is 7.49. The Morgan fingerprint density at radius 3 is 1.72 bits per heavy atom. The van der Waals surface area contributed by atoms with Gasteiger partial charge in [-0.25, -0.2) is 0 Å². The summed E-state index contributed by atoms with van der Waals surface area (Å²) >= 11 is 0. The van der Waals surface area contributed by atoms with E-state index in [0.717, 1.165) is 25.9 Å². The summed E-state index contributed by atoms with van der Waals surface area (Å²) in [7, 11) is 2.28. The predicted molar refractivity (Wildman–Crippen MR) is 118 cm³/mol. The summed E-state index contributed by atoms with van der Waals surface area (Å²) in [6.07, 6.45) is 2.14. The van der Waals surface area contributed by atoms with Gasteiger partial charge in [-0.1, -0.05) is 96.9 Å². The molecule has 1 N–H and O–H groups in total. The van der Waals surface area contributed by atoms with Gasteiger partial charge in [-0.3, -0.25) is 0 Å². The maximum atomic E-state index is 3.59. The van der Waals surface area contributed by atoms with Crippen LogP contribution in [0.4, 0.5) is 0 Å². The first-order valence-electron chi connectivity index (χ1n) is 10.1. The average molecular weight is 404 g/mol. The fraction of sp³-hybridized carbons (Fsp3) is 0.259. The van der Waals surface area contributed by atoms with Crippen molar-refractivity contribution >= 4 is 0 Å². The van der Waals surface area contributed by atoms with Gasteiger partial charge in [0.25, 0.3) is 0 Å². The SMILES string of the molecule is CC#CC(CCC[NH+](C)Cc1ccccc1)(c1ccccc1)c1ccccc1.[Cl-]. The molecule has 0 saturated heterocycles. The number of quaternary nitrogens is 1. The van der Waals surface area contributed by atoms with Gasteiger partial charge >= 0.3 is 0 Å². The van der Waals surface area contributed by atoms with Gasteiger partial charge in [0.1, 0.15) is 6.54 Å². The molecule has 1 unspecified atom stereocenters. The quantitative estimate of drug-likeness (QED) is 0.544. The van der Waals surface area contributed by atoms with Gasteiger partial charge in [0.05, 0.1) is 19.0 Å². The van der Waals surface area contributed by atoms with Crippen LogP contribution in [-0.2, 0) is 12.0 Å². The van der Waals surface area contributed by atoms with Crippen LogP contribution in [0.1, 0.15) is 36.5 Å². The normalized spacial score (nSPS) is 11.7. The lowest BCUT2D eigenvalue weighted by Crippen LogP contribution is -3.07. The summed E-state index contributed by atoms with van der Waals surface area (Å²) < 4.78 is 0. The fourth-order valence-electron chi connectivity index (χ4n) is 4.01. The number of hydrogen-bond donors (Lipinski definition) is 1. The molecule has 1 atom stereocenters. The molecule has 0 aliphatic rings. The molecule has 0 amide bonds. The van der Waals surface area contributed by atoms with Crippen LogP contribution in [0.3, 0.4) is 0 Å². The first kappa shape index (κ1) is 22.8. The Morgan fingerprint density at radius 1 is 0.759 bits per heavy atom. The summed E-state index contributed by atoms with van der Waals surface area (Å²) in [6, 6.07) is 32.3. The van der Waals surface area contributed by atoms with Gasteiger partial charge in [-0.15, -0.1) is 5.92 Å². The molecule has 1 nitrogen and oxygen atoms in total. The monoisotopic (exact) mass is 403 g/mol. The van der Waals surface area contributed by atoms with Crippen molar-refractivity contribution in [2.45, 2.75) is 31.7 Å². The number of nitrogens with one attached hydrogen (secondary N) is 1. The van der Waals surface area contributed by atoms with Crippen molar-refractivity contribution in [3.8, 4) is 11.8 Å². The van der Waals surface area contributed by atoms with E-state index in [-0.39, 0.29) is 17.8 Å². The Kier molecular flexibility index (Phi) is 9.00. The molecule has 0 aliphatic heterocycles. The first-order valence-corrected chi connectivity index (χ1v) is 10.1. The standard InChI is InChI=1S/C27H29N.ClH/c1-3-20-27(25-16-9-5-10-17-25,26-18-11-6-12-19-26)21-13-22-28(2)23-24-14-7-4-8-15-24;/h4-12,14-19H,13,21-23H2,1-2H3;1H. The minimum Gasteiger partial charge on any atom is -1.00 e. The number of benzene rings is 3. The number of halogens is 1. The molecule has 0 bridgehead atoms. The summed E-state index contributed by atoms with van der Waals surface area (Å²) in [6.45, 7) is 4.14. The van der Waals surface area contributed by atoms with Crippen molar-refractivity contribution in [3.05, 3.63) is 108 Å². The molecular formula is C27H30ClN. The highest BCUT2D eigenvalue weighted by Gasteiger charge is 2.32. The highest BCUT2D eigenvalue weighted by atomic mass is 35.5. The Bertz CT molecular complexity index is 855. The molecule has 0 aliphatic carbocycles. The van der Waals surface area contributed by atoms with Crippen LogP contribution in [0.25, 0.3) is 0 Å². The van der Waals surface area contributed by atoms with Gasteiger partial charge in [0.15, 0.2) is 0 Å². The van der Waals surface area contributed by atoms with Gasteiger partial charge in [-0.2, -0.15) is 0 Å². The van der Waals surface area contributed by atoms with E-state index in [0.29, 0.717) is 0 Å². The number of rotatable bonds is 8. The van der Waals surface area contributed by atoms with Crippen LogP contribution >= 0.6 is 0 Å². The maximum absolute atomic E-state index is 3.59. The average Bonchev–Trinajstić information content (AvgIpc) is 2.75. The maximum Gasteiger partial charge on any atom is 0.103 e. The molecule has 3 rings (SSSR count). The van der Waals surface area contributed by atoms with Crippen molar-refractivity contribution in [1.82, 2.24) is 0 Å². The first-order chi connectivity index (χ1) is 13.7. The van der Waals surface area contributed by atoms with Crippen LogP contribution < -0.4 is 17.3 Å². The van der Waals surface area contributed by atoms with E-state index in [9.17, 15) is 0 Å². The molecule has 0 aromatic heterocycles. The molecule has 0 saturated carbocycles. The third-order valence-electron chi connectivity index (χ3n) is 5.38. The minimum atomic E-state index is -0.246. The van der Waals surface area contributed by atoms with Crippen LogP contribution in [0, 0.1) is 11.8 Å². The van der Waals surface area contributed by atoms with Gasteiger partial charge in [0.2, 0.25) is 0 Å². The van der Waals surface area contributed by atoms with E-state index < -0.39 is 0 Å². The lowest BCUT2D eigenvalue weighted by molar-refractivity contribution is -0.894. The minimum absolute atomic E-state index is 0. The van der Waals surface area contributed by atoms with Crippen molar-refractivity contribution in [2.75, 3.05) is 13.6 Å².